The minimum absolute atomic E-state index is 0.0615. The Kier molecular flexibility index (Phi) is 9.95. The van der Waals surface area contributed by atoms with E-state index >= 15 is 0 Å². The van der Waals surface area contributed by atoms with Gasteiger partial charge in [0.25, 0.3) is 0 Å². The Hall–Kier alpha value is -0.300. The Morgan fingerprint density at radius 1 is 1.25 bits per heavy atom. The molecule has 1 rings (SSSR count). The zero-order valence-electron chi connectivity index (χ0n) is 12.6. The van der Waals surface area contributed by atoms with Crippen LogP contribution in [-0.2, 0) is 0 Å². The van der Waals surface area contributed by atoms with E-state index in [2.05, 4.69) is 27.4 Å². The standard InChI is InChI=1S/C11H21N.2C2H6/c1-8(2)10-5-6-11(4,12)9(3)7-10;2*1-2/h9-10H,1,5-7,12H2,2-4H3;2*1-2H3. The summed E-state index contributed by atoms with van der Waals surface area (Å²) in [6.45, 7) is 18.6. The molecule has 0 aromatic heterocycles. The van der Waals surface area contributed by atoms with Gasteiger partial charge in [-0.05, 0) is 44.9 Å². The van der Waals surface area contributed by atoms with Gasteiger partial charge < -0.3 is 5.73 Å². The highest BCUT2D eigenvalue weighted by Gasteiger charge is 2.33. The molecule has 1 heteroatoms. The van der Waals surface area contributed by atoms with Crippen molar-refractivity contribution in [1.29, 1.82) is 0 Å². The van der Waals surface area contributed by atoms with E-state index in [9.17, 15) is 0 Å². The second-order valence-corrected chi connectivity index (χ2v) is 4.72. The zero-order chi connectivity index (χ0) is 13.4. The molecule has 0 radical (unpaired) electrons. The van der Waals surface area contributed by atoms with Gasteiger partial charge in [0.05, 0.1) is 0 Å². The van der Waals surface area contributed by atoms with Gasteiger partial charge >= 0.3 is 0 Å². The summed E-state index contributed by atoms with van der Waals surface area (Å²) in [5, 5.41) is 0. The molecular weight excluding hydrogens is 194 g/mol. The van der Waals surface area contributed by atoms with E-state index in [-0.39, 0.29) is 5.54 Å². The maximum atomic E-state index is 6.15. The van der Waals surface area contributed by atoms with Crippen molar-refractivity contribution in [2.24, 2.45) is 17.6 Å². The van der Waals surface area contributed by atoms with E-state index in [1.54, 1.807) is 0 Å². The molecule has 0 saturated heterocycles. The molecule has 1 aliphatic carbocycles. The van der Waals surface area contributed by atoms with Crippen LogP contribution in [0.1, 0.15) is 67.7 Å². The van der Waals surface area contributed by atoms with Crippen LogP contribution in [0.3, 0.4) is 0 Å². The fourth-order valence-corrected chi connectivity index (χ4v) is 1.99. The fourth-order valence-electron chi connectivity index (χ4n) is 1.99. The van der Waals surface area contributed by atoms with Gasteiger partial charge in [0, 0.05) is 5.54 Å². The van der Waals surface area contributed by atoms with E-state index in [1.165, 1.54) is 18.4 Å². The van der Waals surface area contributed by atoms with Crippen molar-refractivity contribution >= 4 is 0 Å². The first-order valence-electron chi connectivity index (χ1n) is 6.88. The summed E-state index contributed by atoms with van der Waals surface area (Å²) < 4.78 is 0. The van der Waals surface area contributed by atoms with Crippen LogP contribution >= 0.6 is 0 Å². The van der Waals surface area contributed by atoms with Crippen LogP contribution in [-0.4, -0.2) is 5.54 Å². The lowest BCUT2D eigenvalue weighted by molar-refractivity contribution is 0.189. The highest BCUT2D eigenvalue weighted by molar-refractivity contribution is 5.03. The minimum atomic E-state index is 0.0615. The lowest BCUT2D eigenvalue weighted by Gasteiger charge is -2.40. The summed E-state index contributed by atoms with van der Waals surface area (Å²) >= 11 is 0. The molecule has 3 atom stereocenters. The summed E-state index contributed by atoms with van der Waals surface area (Å²) in [6.07, 6.45) is 3.60. The molecule has 16 heavy (non-hydrogen) atoms. The predicted molar refractivity (Wildman–Crippen MR) is 76.6 cm³/mol. The Labute approximate surface area is 104 Å². The van der Waals surface area contributed by atoms with Crippen molar-refractivity contribution in [3.63, 3.8) is 0 Å². The lowest BCUT2D eigenvalue weighted by atomic mass is 9.69. The van der Waals surface area contributed by atoms with Gasteiger partial charge in [-0.25, -0.2) is 0 Å². The van der Waals surface area contributed by atoms with Crippen LogP contribution in [0.2, 0.25) is 0 Å². The van der Waals surface area contributed by atoms with Gasteiger partial charge in [-0.1, -0.05) is 46.8 Å². The summed E-state index contributed by atoms with van der Waals surface area (Å²) in [4.78, 5) is 0. The van der Waals surface area contributed by atoms with Crippen LogP contribution in [0, 0.1) is 11.8 Å². The number of allylic oxidation sites excluding steroid dienone is 1. The summed E-state index contributed by atoms with van der Waals surface area (Å²) in [5.41, 5.74) is 7.55. The topological polar surface area (TPSA) is 26.0 Å². The van der Waals surface area contributed by atoms with Crippen molar-refractivity contribution in [3.8, 4) is 0 Å². The monoisotopic (exact) mass is 227 g/mol. The molecule has 0 bridgehead atoms. The Morgan fingerprint density at radius 2 is 1.69 bits per heavy atom. The normalized spacial score (nSPS) is 32.8. The Bertz CT molecular complexity index is 182. The highest BCUT2D eigenvalue weighted by atomic mass is 14.7. The number of hydrogen-bond acceptors (Lipinski definition) is 1. The zero-order valence-corrected chi connectivity index (χ0v) is 12.6. The van der Waals surface area contributed by atoms with Crippen LogP contribution in [0.25, 0.3) is 0 Å². The first kappa shape index (κ1) is 18.1. The van der Waals surface area contributed by atoms with E-state index in [0.29, 0.717) is 5.92 Å². The summed E-state index contributed by atoms with van der Waals surface area (Å²) in [5.74, 6) is 1.35. The average molecular weight is 227 g/mol. The predicted octanol–water partition coefficient (Wildman–Crippen LogP) is 4.77. The minimum Gasteiger partial charge on any atom is -0.325 e. The van der Waals surface area contributed by atoms with E-state index in [1.807, 2.05) is 27.7 Å². The molecule has 1 aliphatic rings. The Morgan fingerprint density at radius 3 is 2.00 bits per heavy atom. The van der Waals surface area contributed by atoms with Crippen molar-refractivity contribution in [2.45, 2.75) is 73.3 Å². The molecule has 98 valence electrons. The van der Waals surface area contributed by atoms with Crippen molar-refractivity contribution < 1.29 is 0 Å². The molecule has 0 aromatic rings. The van der Waals surface area contributed by atoms with E-state index < -0.39 is 0 Å². The quantitative estimate of drug-likeness (QED) is 0.642. The SMILES string of the molecule is C=C(C)C1CCC(C)(N)C(C)C1.CC.CC. The maximum Gasteiger partial charge on any atom is 0.0152 e. The second-order valence-electron chi connectivity index (χ2n) is 4.72. The molecule has 1 nitrogen and oxygen atoms in total. The number of nitrogens with two attached hydrogens (primary N) is 1. The molecule has 3 unspecified atom stereocenters. The van der Waals surface area contributed by atoms with Gasteiger partial charge in [0.15, 0.2) is 0 Å². The van der Waals surface area contributed by atoms with Crippen LogP contribution in [0.15, 0.2) is 12.2 Å². The van der Waals surface area contributed by atoms with Crippen molar-refractivity contribution in [3.05, 3.63) is 12.2 Å². The number of hydrogen-bond donors (Lipinski definition) is 1. The van der Waals surface area contributed by atoms with Gasteiger partial charge in [-0.15, -0.1) is 0 Å². The largest absolute Gasteiger partial charge is 0.325 e. The smallest absolute Gasteiger partial charge is 0.0152 e. The molecule has 0 heterocycles. The van der Waals surface area contributed by atoms with Crippen LogP contribution in [0.4, 0.5) is 0 Å². The van der Waals surface area contributed by atoms with Crippen LogP contribution in [0.5, 0.6) is 0 Å². The molecule has 0 aliphatic heterocycles. The summed E-state index contributed by atoms with van der Waals surface area (Å²) in [6, 6.07) is 0. The number of rotatable bonds is 1. The molecular formula is C15H33N. The molecule has 0 amide bonds. The average Bonchev–Trinajstić information content (AvgIpc) is 2.27. The molecule has 1 fully saturated rings. The van der Waals surface area contributed by atoms with Crippen LogP contribution < -0.4 is 5.73 Å². The molecule has 1 saturated carbocycles. The summed E-state index contributed by atoms with van der Waals surface area (Å²) in [7, 11) is 0. The van der Waals surface area contributed by atoms with E-state index in [4.69, 9.17) is 5.73 Å². The fraction of sp³-hybridized carbons (Fsp3) is 0.867. The Balaban J connectivity index is 0. The van der Waals surface area contributed by atoms with Crippen molar-refractivity contribution in [1.82, 2.24) is 0 Å². The highest BCUT2D eigenvalue weighted by Crippen LogP contribution is 2.37. The molecule has 2 N–H and O–H groups in total. The first-order valence-corrected chi connectivity index (χ1v) is 6.88. The molecule has 0 spiro atoms. The van der Waals surface area contributed by atoms with Gasteiger partial charge in [-0.2, -0.15) is 0 Å². The maximum absolute atomic E-state index is 6.15. The van der Waals surface area contributed by atoms with Gasteiger partial charge in [0.2, 0.25) is 0 Å². The third-order valence-corrected chi connectivity index (χ3v) is 3.49. The lowest BCUT2D eigenvalue weighted by Crippen LogP contribution is -2.46. The molecule has 0 aromatic carbocycles. The first-order chi connectivity index (χ1) is 7.43. The third-order valence-electron chi connectivity index (χ3n) is 3.49. The second kappa shape index (κ2) is 8.81. The van der Waals surface area contributed by atoms with Gasteiger partial charge in [0.1, 0.15) is 0 Å². The van der Waals surface area contributed by atoms with Gasteiger partial charge in [-0.3, -0.25) is 0 Å². The van der Waals surface area contributed by atoms with E-state index in [0.717, 1.165) is 12.3 Å². The van der Waals surface area contributed by atoms with Crippen molar-refractivity contribution in [2.75, 3.05) is 0 Å². The third kappa shape index (κ3) is 5.69.